The van der Waals surface area contributed by atoms with Crippen molar-refractivity contribution < 1.29 is 19.8 Å². The number of amides is 1. The highest BCUT2D eigenvalue weighted by atomic mass is 16.4. The maximum atomic E-state index is 11.9. The molecule has 1 aliphatic carbocycles. The molecule has 18 heavy (non-hydrogen) atoms. The average molecular weight is 257 g/mol. The number of aliphatic carboxylic acids is 1. The first-order valence-corrected chi connectivity index (χ1v) is 6.67. The molecule has 0 aromatic rings. The van der Waals surface area contributed by atoms with Gasteiger partial charge in [0.2, 0.25) is 5.91 Å². The first kappa shape index (κ1) is 15.0. The number of aliphatic hydroxyl groups is 1. The molecule has 1 unspecified atom stereocenters. The van der Waals surface area contributed by atoms with E-state index in [1.807, 2.05) is 0 Å². The predicted octanol–water partition coefficient (Wildman–Crippen LogP) is 1.30. The number of carboxylic acid groups (broad SMARTS) is 1. The van der Waals surface area contributed by atoms with Crippen LogP contribution in [0.15, 0.2) is 0 Å². The molecule has 5 nitrogen and oxygen atoms in total. The number of carbonyl (C=O) groups excluding carboxylic acids is 1. The van der Waals surface area contributed by atoms with Crippen molar-refractivity contribution in [3.05, 3.63) is 0 Å². The number of hydrogen-bond donors (Lipinski definition) is 3. The van der Waals surface area contributed by atoms with Crippen molar-refractivity contribution >= 4 is 11.9 Å². The smallest absolute Gasteiger partial charge is 0.337 e. The van der Waals surface area contributed by atoms with Gasteiger partial charge in [0.25, 0.3) is 0 Å². The van der Waals surface area contributed by atoms with Crippen LogP contribution in [0.2, 0.25) is 0 Å². The summed E-state index contributed by atoms with van der Waals surface area (Å²) >= 11 is 0. The van der Waals surface area contributed by atoms with E-state index in [2.05, 4.69) is 5.32 Å². The molecule has 0 bridgehead atoms. The summed E-state index contributed by atoms with van der Waals surface area (Å²) in [5.74, 6) is -1.48. The van der Waals surface area contributed by atoms with Crippen LogP contribution in [0.4, 0.5) is 0 Å². The van der Waals surface area contributed by atoms with Gasteiger partial charge in [-0.3, -0.25) is 4.79 Å². The fourth-order valence-corrected chi connectivity index (χ4v) is 2.20. The molecule has 0 aromatic heterocycles. The Balaban J connectivity index is 2.41. The summed E-state index contributed by atoms with van der Waals surface area (Å²) in [5, 5.41) is 20.8. The van der Waals surface area contributed by atoms with Crippen LogP contribution in [0.1, 0.15) is 51.9 Å². The van der Waals surface area contributed by atoms with E-state index in [1.165, 1.54) is 13.3 Å². The summed E-state index contributed by atoms with van der Waals surface area (Å²) in [6.07, 6.45) is 7.39. The molecule has 0 aliphatic heterocycles. The molecule has 1 atom stereocenters. The minimum atomic E-state index is -1.89. The summed E-state index contributed by atoms with van der Waals surface area (Å²) in [6, 6.07) is 0. The Kier molecular flexibility index (Phi) is 5.59. The molecular formula is C13H23NO4. The second-order valence-corrected chi connectivity index (χ2v) is 5.34. The Morgan fingerprint density at radius 3 is 2.17 bits per heavy atom. The Bertz CT molecular complexity index is 293. The van der Waals surface area contributed by atoms with Crippen molar-refractivity contribution in [2.45, 2.75) is 57.5 Å². The quantitative estimate of drug-likeness (QED) is 0.708. The third-order valence-corrected chi connectivity index (χ3v) is 3.54. The number of carboxylic acids is 1. The van der Waals surface area contributed by atoms with E-state index >= 15 is 0 Å². The van der Waals surface area contributed by atoms with Gasteiger partial charge in [-0.05, 0) is 19.8 Å². The highest BCUT2D eigenvalue weighted by Gasteiger charge is 2.31. The van der Waals surface area contributed by atoms with Crippen molar-refractivity contribution in [3.8, 4) is 0 Å². The molecule has 0 saturated heterocycles. The van der Waals surface area contributed by atoms with E-state index in [0.29, 0.717) is 0 Å². The molecule has 0 radical (unpaired) electrons. The molecule has 104 valence electrons. The summed E-state index contributed by atoms with van der Waals surface area (Å²) < 4.78 is 0. The second-order valence-electron chi connectivity index (χ2n) is 5.34. The number of nitrogens with one attached hydrogen (secondary N) is 1. The molecule has 1 amide bonds. The van der Waals surface area contributed by atoms with Crippen LogP contribution in [0.5, 0.6) is 0 Å². The average Bonchev–Trinajstić information content (AvgIpc) is 2.25. The standard InChI is InChI=1S/C13H23NO4/c1-13(18,12(16)17)9-14-11(15)10-7-5-3-2-4-6-8-10/h10,18H,2-9H2,1H3,(H,14,15)(H,16,17). The van der Waals surface area contributed by atoms with Crippen LogP contribution >= 0.6 is 0 Å². The summed E-state index contributed by atoms with van der Waals surface area (Å²) in [4.78, 5) is 22.6. The fourth-order valence-electron chi connectivity index (χ4n) is 2.20. The van der Waals surface area contributed by atoms with E-state index < -0.39 is 11.6 Å². The lowest BCUT2D eigenvalue weighted by Gasteiger charge is -2.22. The highest BCUT2D eigenvalue weighted by molar-refractivity contribution is 5.81. The lowest BCUT2D eigenvalue weighted by molar-refractivity contribution is -0.156. The molecule has 1 saturated carbocycles. The van der Waals surface area contributed by atoms with Gasteiger partial charge in [0.15, 0.2) is 5.60 Å². The Labute approximate surface area is 108 Å². The normalized spacial score (nSPS) is 21.4. The Morgan fingerprint density at radius 1 is 1.17 bits per heavy atom. The first-order chi connectivity index (χ1) is 8.43. The molecule has 5 heteroatoms. The molecular weight excluding hydrogens is 234 g/mol. The Morgan fingerprint density at radius 2 is 1.67 bits per heavy atom. The SMILES string of the molecule is CC(O)(CNC(=O)C1CCCCCCC1)C(=O)O. The van der Waals surface area contributed by atoms with Gasteiger partial charge in [0, 0.05) is 5.92 Å². The van der Waals surface area contributed by atoms with Gasteiger partial charge < -0.3 is 15.5 Å². The third-order valence-electron chi connectivity index (χ3n) is 3.54. The van der Waals surface area contributed by atoms with E-state index in [-0.39, 0.29) is 18.4 Å². The largest absolute Gasteiger partial charge is 0.479 e. The number of rotatable bonds is 4. The van der Waals surface area contributed by atoms with Gasteiger partial charge in [-0.2, -0.15) is 0 Å². The van der Waals surface area contributed by atoms with Crippen LogP contribution in [-0.2, 0) is 9.59 Å². The first-order valence-electron chi connectivity index (χ1n) is 6.67. The van der Waals surface area contributed by atoms with Crippen LogP contribution in [-0.4, -0.2) is 34.2 Å². The molecule has 0 heterocycles. The van der Waals surface area contributed by atoms with E-state index in [1.54, 1.807) is 0 Å². The molecule has 1 rings (SSSR count). The van der Waals surface area contributed by atoms with Crippen LogP contribution in [0, 0.1) is 5.92 Å². The zero-order chi connectivity index (χ0) is 13.6. The van der Waals surface area contributed by atoms with E-state index in [4.69, 9.17) is 5.11 Å². The lowest BCUT2D eigenvalue weighted by Crippen LogP contribution is -2.47. The highest BCUT2D eigenvalue weighted by Crippen LogP contribution is 2.22. The van der Waals surface area contributed by atoms with Gasteiger partial charge in [-0.25, -0.2) is 4.79 Å². The van der Waals surface area contributed by atoms with Gasteiger partial charge >= 0.3 is 5.97 Å². The van der Waals surface area contributed by atoms with Crippen LogP contribution < -0.4 is 5.32 Å². The molecule has 0 spiro atoms. The minimum absolute atomic E-state index is 0.0325. The molecule has 1 fully saturated rings. The third kappa shape index (κ3) is 4.64. The van der Waals surface area contributed by atoms with E-state index in [0.717, 1.165) is 38.5 Å². The van der Waals surface area contributed by atoms with Gasteiger partial charge in [-0.15, -0.1) is 0 Å². The summed E-state index contributed by atoms with van der Waals surface area (Å²) in [6.45, 7) is 0.950. The van der Waals surface area contributed by atoms with Crippen molar-refractivity contribution in [1.29, 1.82) is 0 Å². The molecule has 3 N–H and O–H groups in total. The van der Waals surface area contributed by atoms with Gasteiger partial charge in [0.05, 0.1) is 6.54 Å². The van der Waals surface area contributed by atoms with Crippen molar-refractivity contribution in [1.82, 2.24) is 5.32 Å². The maximum Gasteiger partial charge on any atom is 0.337 e. The zero-order valence-electron chi connectivity index (χ0n) is 10.9. The lowest BCUT2D eigenvalue weighted by atomic mass is 9.90. The minimum Gasteiger partial charge on any atom is -0.479 e. The second kappa shape index (κ2) is 6.73. The van der Waals surface area contributed by atoms with Gasteiger partial charge in [0.1, 0.15) is 0 Å². The van der Waals surface area contributed by atoms with Crippen molar-refractivity contribution in [3.63, 3.8) is 0 Å². The molecule has 0 aromatic carbocycles. The Hall–Kier alpha value is -1.10. The van der Waals surface area contributed by atoms with Crippen LogP contribution in [0.3, 0.4) is 0 Å². The van der Waals surface area contributed by atoms with Crippen molar-refractivity contribution in [2.24, 2.45) is 5.92 Å². The topological polar surface area (TPSA) is 86.6 Å². The van der Waals surface area contributed by atoms with Crippen molar-refractivity contribution in [2.75, 3.05) is 6.54 Å². The van der Waals surface area contributed by atoms with Gasteiger partial charge in [-0.1, -0.05) is 32.1 Å². The fraction of sp³-hybridized carbons (Fsp3) is 0.846. The van der Waals surface area contributed by atoms with Crippen LogP contribution in [0.25, 0.3) is 0 Å². The monoisotopic (exact) mass is 257 g/mol. The number of hydrogen-bond acceptors (Lipinski definition) is 3. The maximum absolute atomic E-state index is 11.9. The van der Waals surface area contributed by atoms with E-state index in [9.17, 15) is 14.7 Å². The number of carbonyl (C=O) groups is 2. The zero-order valence-corrected chi connectivity index (χ0v) is 10.9. The molecule has 1 aliphatic rings. The summed E-state index contributed by atoms with van der Waals surface area (Å²) in [5.41, 5.74) is -1.89. The summed E-state index contributed by atoms with van der Waals surface area (Å²) in [7, 11) is 0. The predicted molar refractivity (Wildman–Crippen MR) is 67.1 cm³/mol.